The van der Waals surface area contributed by atoms with Gasteiger partial charge in [-0.3, -0.25) is 18.5 Å². The van der Waals surface area contributed by atoms with E-state index in [0.717, 1.165) is 21.4 Å². The lowest BCUT2D eigenvalue weighted by atomic mass is 10.0. The van der Waals surface area contributed by atoms with Crippen molar-refractivity contribution in [3.05, 3.63) is 96.2 Å². The number of aryl methyl sites for hydroxylation is 1. The summed E-state index contributed by atoms with van der Waals surface area (Å²) in [6, 6.07) is 7.03. The molecule has 0 radical (unpaired) electrons. The van der Waals surface area contributed by atoms with Gasteiger partial charge < -0.3 is 15.4 Å². The highest BCUT2D eigenvalue weighted by Gasteiger charge is 2.38. The second kappa shape index (κ2) is 8.00. The molecule has 13 heteroatoms. The lowest BCUT2D eigenvalue weighted by Crippen LogP contribution is -2.44. The predicted molar refractivity (Wildman–Crippen MR) is 122 cm³/mol. The Balaban J connectivity index is 1.78. The van der Waals surface area contributed by atoms with Gasteiger partial charge in [0, 0.05) is 19.3 Å². The minimum absolute atomic E-state index is 0.00348. The maximum Gasteiger partial charge on any atom is 0.419 e. The van der Waals surface area contributed by atoms with Gasteiger partial charge in [0.2, 0.25) is 0 Å². The van der Waals surface area contributed by atoms with Gasteiger partial charge in [-0.1, -0.05) is 17.3 Å². The van der Waals surface area contributed by atoms with Gasteiger partial charge in [-0.25, -0.2) is 9.59 Å². The second-order valence-corrected chi connectivity index (χ2v) is 8.36. The van der Waals surface area contributed by atoms with Gasteiger partial charge in [0.15, 0.2) is 11.4 Å². The van der Waals surface area contributed by atoms with Crippen LogP contribution in [0.4, 0.5) is 13.2 Å². The van der Waals surface area contributed by atoms with Gasteiger partial charge in [0.1, 0.15) is 5.56 Å². The maximum atomic E-state index is 13.6. The fraction of sp³-hybridized carbons (Fsp3) is 0.217. The largest absolute Gasteiger partial charge is 0.419 e. The molecule has 5 rings (SSSR count). The minimum Gasteiger partial charge on any atom is -0.409 e. The SMILES string of the molecule is Cn1c(=O)oc2cc(-n3cc(/C(N)=N\O)c(=O)n(C4CCc5c4cccc5C(F)(F)F)c3=O)ccc21. The van der Waals surface area contributed by atoms with E-state index >= 15 is 0 Å². The van der Waals surface area contributed by atoms with Crippen LogP contribution < -0.4 is 22.7 Å². The van der Waals surface area contributed by atoms with Crippen LogP contribution in [-0.4, -0.2) is 24.7 Å². The average Bonchev–Trinajstić information content (AvgIpc) is 3.38. The Morgan fingerprint density at radius 3 is 2.64 bits per heavy atom. The number of halogens is 3. The van der Waals surface area contributed by atoms with Crippen LogP contribution in [0.5, 0.6) is 0 Å². The number of oxazole rings is 1. The van der Waals surface area contributed by atoms with Crippen molar-refractivity contribution in [2.24, 2.45) is 17.9 Å². The first kappa shape index (κ1) is 23.2. The van der Waals surface area contributed by atoms with Crippen LogP contribution in [-0.2, 0) is 19.6 Å². The van der Waals surface area contributed by atoms with Crippen LogP contribution in [0.15, 0.2) is 66.6 Å². The molecule has 2 aromatic heterocycles. The van der Waals surface area contributed by atoms with E-state index in [4.69, 9.17) is 10.2 Å². The number of alkyl halides is 3. The Kier molecular flexibility index (Phi) is 5.16. The van der Waals surface area contributed by atoms with Gasteiger partial charge in [0.25, 0.3) is 5.56 Å². The van der Waals surface area contributed by atoms with Crippen molar-refractivity contribution in [1.29, 1.82) is 0 Å². The zero-order valence-electron chi connectivity index (χ0n) is 18.6. The summed E-state index contributed by atoms with van der Waals surface area (Å²) in [6.07, 6.45) is -3.48. The molecule has 0 bridgehead atoms. The van der Waals surface area contributed by atoms with Gasteiger partial charge in [-0.2, -0.15) is 13.2 Å². The molecule has 2 aromatic carbocycles. The second-order valence-electron chi connectivity index (χ2n) is 8.36. The number of fused-ring (bicyclic) bond motifs is 2. The van der Waals surface area contributed by atoms with Gasteiger partial charge >= 0.3 is 17.6 Å². The molecule has 1 aliphatic carbocycles. The number of oxime groups is 1. The summed E-state index contributed by atoms with van der Waals surface area (Å²) in [5.41, 5.74) is 3.76. The Morgan fingerprint density at radius 2 is 1.94 bits per heavy atom. The number of aromatic nitrogens is 3. The summed E-state index contributed by atoms with van der Waals surface area (Å²) >= 11 is 0. The number of hydrogen-bond donors (Lipinski definition) is 2. The van der Waals surface area contributed by atoms with E-state index in [2.05, 4.69) is 5.16 Å². The summed E-state index contributed by atoms with van der Waals surface area (Å²) in [6.45, 7) is 0. The van der Waals surface area contributed by atoms with Crippen LogP contribution in [0.25, 0.3) is 16.8 Å². The van der Waals surface area contributed by atoms with E-state index < -0.39 is 40.6 Å². The zero-order valence-corrected chi connectivity index (χ0v) is 18.6. The van der Waals surface area contributed by atoms with Crippen LogP contribution in [0.1, 0.15) is 34.7 Å². The molecule has 186 valence electrons. The van der Waals surface area contributed by atoms with Crippen LogP contribution in [0, 0.1) is 0 Å². The molecule has 0 saturated carbocycles. The first-order chi connectivity index (χ1) is 17.0. The third kappa shape index (κ3) is 3.42. The Hall–Kier alpha value is -4.55. The summed E-state index contributed by atoms with van der Waals surface area (Å²) in [7, 11) is 1.50. The number of benzene rings is 2. The van der Waals surface area contributed by atoms with Gasteiger partial charge in [0.05, 0.1) is 22.8 Å². The standard InChI is InChI=1S/C23H18F3N5O5/c1-29-17-7-5-11(9-18(17)36-22(29)34)30-10-14(19(27)28-35)20(32)31(21(30)33)16-8-6-12-13(16)3-2-4-15(12)23(24,25)26/h2-5,7,9-10,16,35H,6,8H2,1H3,(H2,27,28). The first-order valence-corrected chi connectivity index (χ1v) is 10.7. The van der Waals surface area contributed by atoms with E-state index in [0.29, 0.717) is 5.52 Å². The highest BCUT2D eigenvalue weighted by Crippen LogP contribution is 2.41. The minimum atomic E-state index is -4.60. The average molecular weight is 501 g/mol. The quantitative estimate of drug-likeness (QED) is 0.191. The Bertz CT molecular complexity index is 1740. The summed E-state index contributed by atoms with van der Waals surface area (Å²) in [5.74, 6) is -1.21. The molecule has 1 atom stereocenters. The van der Waals surface area contributed by atoms with Crippen LogP contribution >= 0.6 is 0 Å². The van der Waals surface area contributed by atoms with E-state index in [1.807, 2.05) is 0 Å². The highest BCUT2D eigenvalue weighted by molar-refractivity contribution is 5.96. The lowest BCUT2D eigenvalue weighted by molar-refractivity contribution is -0.138. The molecule has 10 nitrogen and oxygen atoms in total. The van der Waals surface area contributed by atoms with Crippen molar-refractivity contribution in [2.45, 2.75) is 25.1 Å². The van der Waals surface area contributed by atoms with E-state index in [9.17, 15) is 32.8 Å². The fourth-order valence-electron chi connectivity index (χ4n) is 4.70. The lowest BCUT2D eigenvalue weighted by Gasteiger charge is -2.19. The first-order valence-electron chi connectivity index (χ1n) is 10.7. The van der Waals surface area contributed by atoms with Crippen molar-refractivity contribution in [2.75, 3.05) is 0 Å². The van der Waals surface area contributed by atoms with E-state index in [1.165, 1.54) is 41.9 Å². The van der Waals surface area contributed by atoms with Gasteiger partial charge in [-0.15, -0.1) is 0 Å². The van der Waals surface area contributed by atoms with Crippen molar-refractivity contribution < 1.29 is 22.8 Å². The monoisotopic (exact) mass is 501 g/mol. The van der Waals surface area contributed by atoms with Crippen molar-refractivity contribution in [3.63, 3.8) is 0 Å². The van der Waals surface area contributed by atoms with E-state index in [-0.39, 0.29) is 40.8 Å². The van der Waals surface area contributed by atoms with Gasteiger partial charge in [-0.05, 0) is 42.2 Å². The molecule has 0 saturated heterocycles. The van der Waals surface area contributed by atoms with Crippen molar-refractivity contribution in [1.82, 2.24) is 13.7 Å². The molecule has 36 heavy (non-hydrogen) atoms. The van der Waals surface area contributed by atoms with E-state index in [1.54, 1.807) is 0 Å². The molecule has 1 unspecified atom stereocenters. The smallest absolute Gasteiger partial charge is 0.409 e. The highest BCUT2D eigenvalue weighted by atomic mass is 19.4. The normalized spacial score (nSPS) is 16.0. The molecule has 3 N–H and O–H groups in total. The fourth-order valence-corrected chi connectivity index (χ4v) is 4.70. The Morgan fingerprint density at radius 1 is 1.19 bits per heavy atom. The number of nitrogens with zero attached hydrogens (tertiary/aromatic N) is 4. The molecular weight excluding hydrogens is 483 g/mol. The summed E-state index contributed by atoms with van der Waals surface area (Å²) < 4.78 is 49.0. The van der Waals surface area contributed by atoms with Crippen molar-refractivity contribution >= 4 is 16.9 Å². The molecule has 4 aromatic rings. The zero-order chi connectivity index (χ0) is 25.9. The summed E-state index contributed by atoms with van der Waals surface area (Å²) in [4.78, 5) is 38.8. The third-order valence-electron chi connectivity index (χ3n) is 6.41. The molecule has 0 amide bonds. The Labute approximate surface area is 198 Å². The molecule has 1 aliphatic rings. The number of hydrogen-bond acceptors (Lipinski definition) is 6. The molecular formula is C23H18F3N5O5. The van der Waals surface area contributed by atoms with Crippen LogP contribution in [0.3, 0.4) is 0 Å². The predicted octanol–water partition coefficient (Wildman–Crippen LogP) is 2.09. The third-order valence-corrected chi connectivity index (χ3v) is 6.41. The molecule has 0 aliphatic heterocycles. The maximum absolute atomic E-state index is 13.6. The number of amidine groups is 1. The molecule has 0 spiro atoms. The topological polar surface area (TPSA) is 138 Å². The molecule has 0 fully saturated rings. The summed E-state index contributed by atoms with van der Waals surface area (Å²) in [5, 5.41) is 12.1. The number of nitrogens with two attached hydrogens (primary N) is 1. The van der Waals surface area contributed by atoms with Crippen molar-refractivity contribution in [3.8, 4) is 5.69 Å². The molecule has 2 heterocycles. The number of rotatable bonds is 3. The van der Waals surface area contributed by atoms with Crippen LogP contribution in [0.2, 0.25) is 0 Å².